The Bertz CT molecular complexity index is 1190. The molecule has 4 rings (SSSR count). The van der Waals surface area contributed by atoms with E-state index in [0.29, 0.717) is 40.5 Å². The number of fused-ring (bicyclic) bond motifs is 1. The molecule has 0 aliphatic heterocycles. The number of carbonyl (C=O) groups excluding carboxylic acids is 1. The van der Waals surface area contributed by atoms with Crippen LogP contribution in [0.25, 0.3) is 22.0 Å². The zero-order chi connectivity index (χ0) is 23.0. The first-order valence-corrected chi connectivity index (χ1v) is 10.6. The summed E-state index contributed by atoms with van der Waals surface area (Å²) in [6.45, 7) is 6.67. The van der Waals surface area contributed by atoms with Crippen molar-refractivity contribution in [1.82, 2.24) is 15.3 Å². The van der Waals surface area contributed by atoms with Crippen molar-refractivity contribution in [2.45, 2.75) is 33.6 Å². The molecule has 9 heteroatoms. The highest BCUT2D eigenvalue weighted by atomic mass is 35.5. The highest BCUT2D eigenvalue weighted by molar-refractivity contribution is 5.91. The van der Waals surface area contributed by atoms with Gasteiger partial charge in [0.1, 0.15) is 17.5 Å². The number of urea groups is 1. The summed E-state index contributed by atoms with van der Waals surface area (Å²) >= 11 is 0. The van der Waals surface area contributed by atoms with Crippen molar-refractivity contribution in [1.29, 1.82) is 0 Å². The maximum atomic E-state index is 14.7. The molecule has 0 saturated heterocycles. The summed E-state index contributed by atoms with van der Waals surface area (Å²) in [5, 5.41) is 8.97. The zero-order valence-electron chi connectivity index (χ0n) is 19.1. The van der Waals surface area contributed by atoms with Crippen LogP contribution in [0.1, 0.15) is 32.4 Å². The average Bonchev–Trinajstić information content (AvgIpc) is 2.72. The summed E-state index contributed by atoms with van der Waals surface area (Å²) in [5.74, 6) is -0.465. The van der Waals surface area contributed by atoms with Crippen molar-refractivity contribution >= 4 is 40.8 Å². The minimum Gasteiger partial charge on any atom is -0.373 e. The van der Waals surface area contributed by atoms with Gasteiger partial charge in [-0.3, -0.25) is 4.98 Å². The minimum atomic E-state index is -0.835. The molecule has 0 radical (unpaired) electrons. The first-order valence-electron chi connectivity index (χ1n) is 10.6. The number of hydrogen-bond acceptors (Lipinski definition) is 4. The Kier molecular flexibility index (Phi) is 7.07. The number of hydrogen-bond donors (Lipinski definition) is 3. The molecule has 2 heterocycles. The molecule has 0 bridgehead atoms. The molecular weight excluding hydrogens is 448 g/mol. The summed E-state index contributed by atoms with van der Waals surface area (Å²) < 4.78 is 29.1. The van der Waals surface area contributed by atoms with Crippen LogP contribution >= 0.6 is 12.4 Å². The van der Waals surface area contributed by atoms with Gasteiger partial charge in [0.15, 0.2) is 0 Å². The van der Waals surface area contributed by atoms with Gasteiger partial charge in [-0.05, 0) is 43.2 Å². The summed E-state index contributed by atoms with van der Waals surface area (Å²) in [6.07, 6.45) is 3.73. The molecule has 1 aromatic carbocycles. The molecule has 0 unspecified atom stereocenters. The molecule has 33 heavy (non-hydrogen) atoms. The Morgan fingerprint density at radius 2 is 1.85 bits per heavy atom. The minimum absolute atomic E-state index is 0. The molecule has 1 aliphatic carbocycles. The lowest BCUT2D eigenvalue weighted by atomic mass is 9.64. The van der Waals surface area contributed by atoms with E-state index in [4.69, 9.17) is 0 Å². The lowest BCUT2D eigenvalue weighted by Crippen LogP contribution is -2.41. The van der Waals surface area contributed by atoms with Crippen LogP contribution in [0.5, 0.6) is 0 Å². The van der Waals surface area contributed by atoms with Crippen molar-refractivity contribution in [2.24, 2.45) is 11.3 Å². The molecule has 3 aromatic rings. The van der Waals surface area contributed by atoms with Crippen molar-refractivity contribution < 1.29 is 13.6 Å². The van der Waals surface area contributed by atoms with E-state index in [1.807, 2.05) is 0 Å². The third kappa shape index (κ3) is 5.33. The third-order valence-electron chi connectivity index (χ3n) is 5.97. The summed E-state index contributed by atoms with van der Waals surface area (Å²) in [7, 11) is 1.76. The van der Waals surface area contributed by atoms with Crippen LogP contribution in [0.15, 0.2) is 30.5 Å². The summed E-state index contributed by atoms with van der Waals surface area (Å²) in [5.41, 5.74) is 2.19. The third-order valence-corrected chi connectivity index (χ3v) is 5.97. The van der Waals surface area contributed by atoms with Gasteiger partial charge in [-0.2, -0.15) is 0 Å². The molecule has 0 spiro atoms. The fourth-order valence-electron chi connectivity index (χ4n) is 4.48. The predicted molar refractivity (Wildman–Crippen MR) is 130 cm³/mol. The second kappa shape index (κ2) is 9.47. The maximum Gasteiger partial charge on any atom is 0.319 e. The second-order valence-electron chi connectivity index (χ2n) is 9.22. The molecule has 1 aliphatic rings. The number of amides is 2. The van der Waals surface area contributed by atoms with Gasteiger partial charge >= 0.3 is 6.03 Å². The molecule has 6 nitrogen and oxygen atoms in total. The molecule has 3 N–H and O–H groups in total. The number of halogens is 3. The Balaban J connectivity index is 0.00000306. The number of aryl methyl sites for hydroxylation is 1. The first kappa shape index (κ1) is 24.6. The predicted octanol–water partition coefficient (Wildman–Crippen LogP) is 5.90. The van der Waals surface area contributed by atoms with Crippen LogP contribution in [-0.4, -0.2) is 29.6 Å². The fraction of sp³-hybridized carbons (Fsp3) is 0.375. The molecule has 0 atom stereocenters. The van der Waals surface area contributed by atoms with Gasteiger partial charge in [-0.25, -0.2) is 18.6 Å². The molecule has 2 amide bonds. The SMILES string of the molecule is CNc1cc2nc(C)c(-c3cc(NC(=O)NCC4CC(C)(C)C4)c(F)cc3F)cc2cn1.Cl. The van der Waals surface area contributed by atoms with E-state index in [0.717, 1.165) is 24.3 Å². The molecule has 1 fully saturated rings. The number of nitrogens with one attached hydrogen (secondary N) is 3. The Labute approximate surface area is 198 Å². The van der Waals surface area contributed by atoms with Crippen molar-refractivity contribution in [2.75, 3.05) is 24.2 Å². The lowest BCUT2D eigenvalue weighted by Gasteiger charge is -2.42. The average molecular weight is 476 g/mol. The highest BCUT2D eigenvalue weighted by Crippen LogP contribution is 2.44. The van der Waals surface area contributed by atoms with Crippen LogP contribution in [-0.2, 0) is 0 Å². The fourth-order valence-corrected chi connectivity index (χ4v) is 4.48. The number of anilines is 2. The number of nitrogens with zero attached hydrogens (tertiary/aromatic N) is 2. The number of pyridine rings is 2. The van der Waals surface area contributed by atoms with Crippen molar-refractivity contribution in [3.63, 3.8) is 0 Å². The normalized spacial score (nSPS) is 14.8. The summed E-state index contributed by atoms with van der Waals surface area (Å²) in [4.78, 5) is 21.1. The van der Waals surface area contributed by atoms with E-state index < -0.39 is 17.7 Å². The van der Waals surface area contributed by atoms with E-state index >= 15 is 0 Å². The van der Waals surface area contributed by atoms with Crippen LogP contribution in [0, 0.1) is 29.9 Å². The van der Waals surface area contributed by atoms with Gasteiger partial charge in [0.05, 0.1) is 11.2 Å². The Morgan fingerprint density at radius 1 is 1.12 bits per heavy atom. The quantitative estimate of drug-likeness (QED) is 0.429. The monoisotopic (exact) mass is 475 g/mol. The van der Waals surface area contributed by atoms with Gasteiger partial charge in [0, 0.05) is 54.1 Å². The van der Waals surface area contributed by atoms with E-state index in [1.165, 1.54) is 6.07 Å². The molecular formula is C24H28ClF2N5O. The van der Waals surface area contributed by atoms with E-state index in [-0.39, 0.29) is 23.7 Å². The molecule has 2 aromatic heterocycles. The molecule has 1 saturated carbocycles. The smallest absolute Gasteiger partial charge is 0.319 e. The standard InChI is InChI=1S/C24H27F2N5O.ClH/c1-13-16(5-15-12-28-22(27-4)8-20(15)30-13)17-6-21(19(26)7-18(17)25)31-23(32)29-11-14-9-24(2,3)10-14;/h5-8,12,14H,9-11H2,1-4H3,(H,27,28)(H2,29,31,32);1H. The van der Waals surface area contributed by atoms with Gasteiger partial charge in [-0.1, -0.05) is 13.8 Å². The Morgan fingerprint density at radius 3 is 2.52 bits per heavy atom. The highest BCUT2D eigenvalue weighted by Gasteiger charge is 2.35. The van der Waals surface area contributed by atoms with Gasteiger partial charge in [0.2, 0.25) is 0 Å². The zero-order valence-corrected chi connectivity index (χ0v) is 19.9. The second-order valence-corrected chi connectivity index (χ2v) is 9.22. The van der Waals surface area contributed by atoms with Crippen LogP contribution in [0.2, 0.25) is 0 Å². The van der Waals surface area contributed by atoms with Crippen LogP contribution < -0.4 is 16.0 Å². The van der Waals surface area contributed by atoms with Gasteiger partial charge in [-0.15, -0.1) is 12.4 Å². The van der Waals surface area contributed by atoms with Crippen molar-refractivity contribution in [3.8, 4) is 11.1 Å². The number of aromatic nitrogens is 2. The Hall–Kier alpha value is -3.00. The number of carbonyl (C=O) groups is 1. The number of benzene rings is 1. The lowest BCUT2D eigenvalue weighted by molar-refractivity contribution is 0.0978. The van der Waals surface area contributed by atoms with Crippen LogP contribution in [0.4, 0.5) is 25.1 Å². The van der Waals surface area contributed by atoms with E-state index in [2.05, 4.69) is 39.8 Å². The topological polar surface area (TPSA) is 78.9 Å². The van der Waals surface area contributed by atoms with Crippen LogP contribution in [0.3, 0.4) is 0 Å². The first-order chi connectivity index (χ1) is 15.1. The van der Waals surface area contributed by atoms with E-state index in [1.54, 1.807) is 32.3 Å². The van der Waals surface area contributed by atoms with Gasteiger partial charge in [0.25, 0.3) is 0 Å². The van der Waals surface area contributed by atoms with E-state index in [9.17, 15) is 13.6 Å². The summed E-state index contributed by atoms with van der Waals surface area (Å²) in [6, 6.07) is 5.15. The molecule has 176 valence electrons. The largest absolute Gasteiger partial charge is 0.373 e. The van der Waals surface area contributed by atoms with Gasteiger partial charge < -0.3 is 16.0 Å². The van der Waals surface area contributed by atoms with Crippen molar-refractivity contribution in [3.05, 3.63) is 47.8 Å². The number of rotatable bonds is 5. The maximum absolute atomic E-state index is 14.7.